The fraction of sp³-hybridized carbons (Fsp3) is 0.200. The summed E-state index contributed by atoms with van der Waals surface area (Å²) in [6, 6.07) is 4.88. The lowest BCUT2D eigenvalue weighted by atomic mass is 9.99. The summed E-state index contributed by atoms with van der Waals surface area (Å²) in [5.41, 5.74) is 1.78. The Bertz CT molecular complexity index is 421. The normalized spacial score (nSPS) is 9.50. The average Bonchev–Trinajstić information content (AvgIpc) is 2.16. The first-order valence-corrected chi connectivity index (χ1v) is 4.47. The van der Waals surface area contributed by atoms with Crippen LogP contribution in [0.1, 0.15) is 27.0 Å². The van der Waals surface area contributed by atoms with Crippen molar-refractivity contribution in [1.82, 2.24) is 0 Å². The van der Waals surface area contributed by atoms with Gasteiger partial charge in [0.15, 0.2) is 0 Å². The van der Waals surface area contributed by atoms with Crippen molar-refractivity contribution < 1.29 is 9.90 Å². The molecule has 0 aromatic heterocycles. The Morgan fingerprint density at radius 1 is 1.64 bits per heavy atom. The lowest BCUT2D eigenvalue weighted by Gasteiger charge is -2.07. The first kappa shape index (κ1) is 10.6. The van der Waals surface area contributed by atoms with Gasteiger partial charge in [0.2, 0.25) is 0 Å². The third-order valence-corrected chi connectivity index (χ3v) is 2.35. The zero-order chi connectivity index (χ0) is 10.7. The number of carbonyl (C=O) groups is 1. The van der Waals surface area contributed by atoms with Gasteiger partial charge < -0.3 is 5.11 Å². The molecule has 0 saturated heterocycles. The van der Waals surface area contributed by atoms with E-state index in [1.54, 1.807) is 6.92 Å². The Hall–Kier alpha value is -1.53. The summed E-state index contributed by atoms with van der Waals surface area (Å²) in [5.74, 6) is -0.853. The summed E-state index contributed by atoms with van der Waals surface area (Å²) in [7, 11) is 0. The quantitative estimate of drug-likeness (QED) is 0.761. The van der Waals surface area contributed by atoms with Crippen LogP contribution in [0.15, 0.2) is 12.1 Å². The van der Waals surface area contributed by atoms with Gasteiger partial charge in [0.05, 0.1) is 17.2 Å². The maximum absolute atomic E-state index is 10.8. The molecule has 14 heavy (non-hydrogen) atoms. The standard InChI is InChI=1S/C10H8ClNO2/c1-6-8(10(13)14)3-2-7(5-12)9(6)4-11/h2-3H,4H2,1H3,(H,13,14). The SMILES string of the molecule is Cc1c(C(=O)O)ccc(C#N)c1CCl. The van der Waals surface area contributed by atoms with Gasteiger partial charge in [-0.3, -0.25) is 0 Å². The van der Waals surface area contributed by atoms with Crippen LogP contribution in [0.2, 0.25) is 0 Å². The molecule has 1 aromatic carbocycles. The number of alkyl halides is 1. The minimum Gasteiger partial charge on any atom is -0.478 e. The van der Waals surface area contributed by atoms with Gasteiger partial charge in [0.25, 0.3) is 0 Å². The molecule has 4 heteroatoms. The van der Waals surface area contributed by atoms with Gasteiger partial charge in [-0.2, -0.15) is 5.26 Å². The predicted molar refractivity (Wildman–Crippen MR) is 52.4 cm³/mol. The number of aromatic carboxylic acids is 1. The van der Waals surface area contributed by atoms with E-state index in [4.69, 9.17) is 22.0 Å². The lowest BCUT2D eigenvalue weighted by Crippen LogP contribution is -2.03. The Morgan fingerprint density at radius 3 is 2.71 bits per heavy atom. The monoisotopic (exact) mass is 209 g/mol. The van der Waals surface area contributed by atoms with Gasteiger partial charge in [-0.25, -0.2) is 4.79 Å². The second kappa shape index (κ2) is 4.12. The van der Waals surface area contributed by atoms with E-state index in [1.807, 2.05) is 6.07 Å². The molecular weight excluding hydrogens is 202 g/mol. The van der Waals surface area contributed by atoms with Crippen molar-refractivity contribution in [3.8, 4) is 6.07 Å². The van der Waals surface area contributed by atoms with Crippen molar-refractivity contribution in [3.05, 3.63) is 34.4 Å². The molecule has 0 amide bonds. The highest BCUT2D eigenvalue weighted by molar-refractivity contribution is 6.17. The molecule has 0 spiro atoms. The molecule has 0 bridgehead atoms. The molecular formula is C10H8ClNO2. The molecule has 72 valence electrons. The zero-order valence-corrected chi connectivity index (χ0v) is 8.30. The van der Waals surface area contributed by atoms with E-state index >= 15 is 0 Å². The third-order valence-electron chi connectivity index (χ3n) is 2.08. The summed E-state index contributed by atoms with van der Waals surface area (Å²) in [5, 5.41) is 17.6. The number of nitrogens with zero attached hydrogens (tertiary/aromatic N) is 1. The van der Waals surface area contributed by atoms with E-state index in [0.29, 0.717) is 16.7 Å². The van der Waals surface area contributed by atoms with Crippen molar-refractivity contribution in [1.29, 1.82) is 5.26 Å². The zero-order valence-electron chi connectivity index (χ0n) is 7.54. The molecule has 3 nitrogen and oxygen atoms in total. The van der Waals surface area contributed by atoms with Crippen LogP contribution in [-0.4, -0.2) is 11.1 Å². The summed E-state index contributed by atoms with van der Waals surface area (Å²) >= 11 is 5.65. The van der Waals surface area contributed by atoms with E-state index in [9.17, 15) is 4.79 Å². The van der Waals surface area contributed by atoms with Gasteiger partial charge >= 0.3 is 5.97 Å². The average molecular weight is 210 g/mol. The molecule has 0 unspecified atom stereocenters. The number of benzene rings is 1. The molecule has 0 saturated carbocycles. The van der Waals surface area contributed by atoms with Crippen LogP contribution in [0, 0.1) is 18.3 Å². The maximum Gasteiger partial charge on any atom is 0.335 e. The second-order valence-corrected chi connectivity index (χ2v) is 3.08. The lowest BCUT2D eigenvalue weighted by molar-refractivity contribution is 0.0696. The van der Waals surface area contributed by atoms with Crippen LogP contribution in [0.4, 0.5) is 0 Å². The van der Waals surface area contributed by atoms with Crippen LogP contribution < -0.4 is 0 Å². The molecule has 1 aromatic rings. The number of hydrogen-bond donors (Lipinski definition) is 1. The molecule has 1 rings (SSSR count). The van der Waals surface area contributed by atoms with Gasteiger partial charge in [0.1, 0.15) is 0 Å². The van der Waals surface area contributed by atoms with Gasteiger partial charge in [-0.1, -0.05) is 0 Å². The predicted octanol–water partition coefficient (Wildman–Crippen LogP) is 2.30. The Balaban J connectivity index is 3.44. The third kappa shape index (κ3) is 1.70. The number of nitriles is 1. The Labute approximate surface area is 86.5 Å². The Morgan fingerprint density at radius 2 is 2.29 bits per heavy atom. The fourth-order valence-corrected chi connectivity index (χ4v) is 1.61. The molecule has 0 heterocycles. The summed E-state index contributed by atoms with van der Waals surface area (Å²) < 4.78 is 0. The van der Waals surface area contributed by atoms with E-state index in [0.717, 1.165) is 0 Å². The van der Waals surface area contributed by atoms with Crippen molar-refractivity contribution in [3.63, 3.8) is 0 Å². The molecule has 0 aliphatic rings. The minimum atomic E-state index is -1.00. The first-order valence-electron chi connectivity index (χ1n) is 3.93. The van der Waals surface area contributed by atoms with Crippen molar-refractivity contribution in [2.45, 2.75) is 12.8 Å². The van der Waals surface area contributed by atoms with Crippen molar-refractivity contribution in [2.24, 2.45) is 0 Å². The maximum atomic E-state index is 10.8. The van der Waals surface area contributed by atoms with Crippen LogP contribution in [-0.2, 0) is 5.88 Å². The van der Waals surface area contributed by atoms with Crippen molar-refractivity contribution in [2.75, 3.05) is 0 Å². The first-order chi connectivity index (χ1) is 6.61. The molecule has 0 atom stereocenters. The van der Waals surface area contributed by atoms with E-state index in [2.05, 4.69) is 0 Å². The highest BCUT2D eigenvalue weighted by Crippen LogP contribution is 2.20. The van der Waals surface area contributed by atoms with Crippen LogP contribution in [0.3, 0.4) is 0 Å². The van der Waals surface area contributed by atoms with Crippen LogP contribution in [0.25, 0.3) is 0 Å². The number of hydrogen-bond acceptors (Lipinski definition) is 2. The number of carboxylic acid groups (broad SMARTS) is 1. The van der Waals surface area contributed by atoms with E-state index in [1.165, 1.54) is 12.1 Å². The Kier molecular flexibility index (Phi) is 3.10. The van der Waals surface area contributed by atoms with E-state index < -0.39 is 5.97 Å². The molecule has 0 fully saturated rings. The molecule has 0 aliphatic carbocycles. The van der Waals surface area contributed by atoms with Crippen molar-refractivity contribution >= 4 is 17.6 Å². The fourth-order valence-electron chi connectivity index (χ4n) is 1.27. The summed E-state index contributed by atoms with van der Waals surface area (Å²) in [4.78, 5) is 10.8. The number of halogens is 1. The van der Waals surface area contributed by atoms with E-state index in [-0.39, 0.29) is 11.4 Å². The minimum absolute atomic E-state index is 0.149. The summed E-state index contributed by atoms with van der Waals surface area (Å²) in [6.45, 7) is 1.65. The number of carboxylic acids is 1. The smallest absolute Gasteiger partial charge is 0.335 e. The van der Waals surface area contributed by atoms with Gasteiger partial charge in [-0.15, -0.1) is 11.6 Å². The van der Waals surface area contributed by atoms with Crippen LogP contribution in [0.5, 0.6) is 0 Å². The van der Waals surface area contributed by atoms with Crippen LogP contribution >= 0.6 is 11.6 Å². The van der Waals surface area contributed by atoms with Gasteiger partial charge in [-0.05, 0) is 30.2 Å². The largest absolute Gasteiger partial charge is 0.478 e. The highest BCUT2D eigenvalue weighted by Gasteiger charge is 2.13. The number of rotatable bonds is 2. The molecule has 0 aliphatic heterocycles. The highest BCUT2D eigenvalue weighted by atomic mass is 35.5. The molecule has 0 radical (unpaired) electrons. The summed E-state index contributed by atoms with van der Waals surface area (Å²) in [6.07, 6.45) is 0. The van der Waals surface area contributed by atoms with Gasteiger partial charge in [0, 0.05) is 5.88 Å². The second-order valence-electron chi connectivity index (χ2n) is 2.81. The molecule has 1 N–H and O–H groups in total. The topological polar surface area (TPSA) is 61.1 Å².